The number of hydrogen-bond donors (Lipinski definition) is 1. The van der Waals surface area contributed by atoms with Crippen LogP contribution in [0.5, 0.6) is 0 Å². The second-order valence-electron chi connectivity index (χ2n) is 4.82. The number of nitrogens with zero attached hydrogens (tertiary/aromatic N) is 2. The normalized spacial score (nSPS) is 20.7. The van der Waals surface area contributed by atoms with Gasteiger partial charge in [-0.25, -0.2) is 0 Å². The van der Waals surface area contributed by atoms with Gasteiger partial charge >= 0.3 is 0 Å². The number of rotatable bonds is 3. The Labute approximate surface area is 108 Å². The van der Waals surface area contributed by atoms with Gasteiger partial charge in [0.2, 0.25) is 5.91 Å². The zero-order valence-electron chi connectivity index (χ0n) is 10.7. The second kappa shape index (κ2) is 5.98. The van der Waals surface area contributed by atoms with Crippen LogP contribution in [0.25, 0.3) is 0 Å². The van der Waals surface area contributed by atoms with E-state index in [1.165, 1.54) is 0 Å². The van der Waals surface area contributed by atoms with Crippen LogP contribution < -0.4 is 4.90 Å². The molecule has 1 fully saturated rings. The maximum atomic E-state index is 12.1. The van der Waals surface area contributed by atoms with Crippen molar-refractivity contribution in [2.24, 2.45) is 0 Å². The van der Waals surface area contributed by atoms with Crippen molar-refractivity contribution in [2.75, 3.05) is 31.6 Å². The summed E-state index contributed by atoms with van der Waals surface area (Å²) in [5.74, 6) is 0.0651. The molecule has 1 amide bonds. The van der Waals surface area contributed by atoms with Crippen molar-refractivity contribution in [2.45, 2.75) is 18.9 Å². The van der Waals surface area contributed by atoms with E-state index in [9.17, 15) is 9.90 Å². The third-order valence-electron chi connectivity index (χ3n) is 3.36. The highest BCUT2D eigenvalue weighted by atomic mass is 16.3. The van der Waals surface area contributed by atoms with E-state index in [-0.39, 0.29) is 12.0 Å². The molecule has 0 bridgehead atoms. The third-order valence-corrected chi connectivity index (χ3v) is 3.36. The van der Waals surface area contributed by atoms with Crippen LogP contribution >= 0.6 is 0 Å². The summed E-state index contributed by atoms with van der Waals surface area (Å²) in [5.41, 5.74) is 0.903. The van der Waals surface area contributed by atoms with Gasteiger partial charge in [0.15, 0.2) is 0 Å². The molecule has 4 heteroatoms. The van der Waals surface area contributed by atoms with Gasteiger partial charge in [-0.2, -0.15) is 0 Å². The number of carbonyl (C=O) groups is 1. The first kappa shape index (κ1) is 13.1. The minimum Gasteiger partial charge on any atom is -0.392 e. The summed E-state index contributed by atoms with van der Waals surface area (Å²) in [7, 11) is 1.79. The van der Waals surface area contributed by atoms with Crippen molar-refractivity contribution >= 4 is 11.6 Å². The van der Waals surface area contributed by atoms with E-state index in [1.54, 1.807) is 11.9 Å². The lowest BCUT2D eigenvalue weighted by Gasteiger charge is -2.30. The van der Waals surface area contributed by atoms with Crippen molar-refractivity contribution in [3.8, 4) is 0 Å². The molecule has 18 heavy (non-hydrogen) atoms. The highest BCUT2D eigenvalue weighted by Crippen LogP contribution is 2.13. The van der Waals surface area contributed by atoms with Crippen LogP contribution in [0.3, 0.4) is 0 Å². The Kier molecular flexibility index (Phi) is 4.33. The molecule has 98 valence electrons. The van der Waals surface area contributed by atoms with Crippen molar-refractivity contribution in [1.82, 2.24) is 4.90 Å². The summed E-state index contributed by atoms with van der Waals surface area (Å²) < 4.78 is 0. The number of β-amino-alcohol motifs (C(OH)–C–C–N with tert-alkyl or cyclic N) is 1. The van der Waals surface area contributed by atoms with Crippen LogP contribution in [-0.2, 0) is 4.79 Å². The minimum absolute atomic E-state index is 0.0651. The molecule has 1 saturated heterocycles. The molecule has 0 saturated carbocycles. The molecular formula is C14H20N2O2. The van der Waals surface area contributed by atoms with Crippen LogP contribution in [-0.4, -0.2) is 48.7 Å². The van der Waals surface area contributed by atoms with Gasteiger partial charge in [-0.3, -0.25) is 9.69 Å². The van der Waals surface area contributed by atoms with Crippen LogP contribution in [0, 0.1) is 0 Å². The fraction of sp³-hybridized carbons (Fsp3) is 0.500. The first-order valence-electron chi connectivity index (χ1n) is 6.39. The van der Waals surface area contributed by atoms with E-state index in [1.807, 2.05) is 35.2 Å². The summed E-state index contributed by atoms with van der Waals surface area (Å²) in [6.45, 7) is 1.88. The van der Waals surface area contributed by atoms with Gasteiger partial charge in [0.05, 0.1) is 12.6 Å². The van der Waals surface area contributed by atoms with E-state index >= 15 is 0 Å². The summed E-state index contributed by atoms with van der Waals surface area (Å²) in [6.07, 6.45) is 1.52. The number of para-hydroxylation sites is 1. The monoisotopic (exact) mass is 248 g/mol. The Morgan fingerprint density at radius 3 is 2.83 bits per heavy atom. The van der Waals surface area contributed by atoms with Gasteiger partial charge in [0, 0.05) is 19.3 Å². The number of amides is 1. The van der Waals surface area contributed by atoms with E-state index in [0.717, 1.165) is 25.1 Å². The molecule has 1 heterocycles. The second-order valence-corrected chi connectivity index (χ2v) is 4.82. The number of carbonyl (C=O) groups excluding carboxylic acids is 1. The van der Waals surface area contributed by atoms with E-state index < -0.39 is 0 Å². The largest absolute Gasteiger partial charge is 0.392 e. The predicted octanol–water partition coefficient (Wildman–Crippen LogP) is 1.11. The number of benzene rings is 1. The van der Waals surface area contributed by atoms with E-state index in [4.69, 9.17) is 0 Å². The lowest BCUT2D eigenvalue weighted by molar-refractivity contribution is -0.120. The van der Waals surface area contributed by atoms with E-state index in [2.05, 4.69) is 0 Å². The summed E-state index contributed by atoms with van der Waals surface area (Å²) in [5, 5.41) is 9.58. The zero-order valence-corrected chi connectivity index (χ0v) is 10.7. The SMILES string of the molecule is CN(C(=O)CN1CCC[C@H](O)C1)c1ccccc1. The Balaban J connectivity index is 1.91. The number of anilines is 1. The van der Waals surface area contributed by atoms with Crippen LogP contribution in [0.4, 0.5) is 5.69 Å². The number of likely N-dealkylation sites (tertiary alicyclic amines) is 1. The highest BCUT2D eigenvalue weighted by molar-refractivity contribution is 5.94. The summed E-state index contributed by atoms with van der Waals surface area (Å²) in [6, 6.07) is 9.61. The Morgan fingerprint density at radius 1 is 1.44 bits per heavy atom. The molecule has 1 atom stereocenters. The molecule has 0 aromatic heterocycles. The number of aliphatic hydroxyl groups is 1. The van der Waals surface area contributed by atoms with Crippen molar-refractivity contribution in [1.29, 1.82) is 0 Å². The summed E-state index contributed by atoms with van der Waals surface area (Å²) >= 11 is 0. The highest BCUT2D eigenvalue weighted by Gasteiger charge is 2.21. The fourth-order valence-corrected chi connectivity index (χ4v) is 2.27. The minimum atomic E-state index is -0.284. The molecule has 1 aromatic carbocycles. The number of likely N-dealkylation sites (N-methyl/N-ethyl adjacent to an activating group) is 1. The predicted molar refractivity (Wildman–Crippen MR) is 71.5 cm³/mol. The molecule has 1 aliphatic rings. The zero-order chi connectivity index (χ0) is 13.0. The quantitative estimate of drug-likeness (QED) is 0.871. The molecule has 2 rings (SSSR count). The van der Waals surface area contributed by atoms with Gasteiger partial charge in [-0.05, 0) is 31.5 Å². The smallest absolute Gasteiger partial charge is 0.240 e. The average Bonchev–Trinajstić information content (AvgIpc) is 2.39. The van der Waals surface area contributed by atoms with E-state index in [0.29, 0.717) is 13.1 Å². The Bertz CT molecular complexity index is 394. The first-order valence-corrected chi connectivity index (χ1v) is 6.39. The molecule has 0 aliphatic carbocycles. The molecule has 0 unspecified atom stereocenters. The molecule has 0 radical (unpaired) electrons. The Hall–Kier alpha value is -1.39. The molecule has 1 aliphatic heterocycles. The van der Waals surface area contributed by atoms with Gasteiger partial charge in [-0.15, -0.1) is 0 Å². The van der Waals surface area contributed by atoms with Gasteiger partial charge in [0.1, 0.15) is 0 Å². The van der Waals surface area contributed by atoms with Crippen LogP contribution in [0.15, 0.2) is 30.3 Å². The van der Waals surface area contributed by atoms with Gasteiger partial charge in [0.25, 0.3) is 0 Å². The molecule has 1 aromatic rings. The number of aliphatic hydroxyl groups excluding tert-OH is 1. The van der Waals surface area contributed by atoms with Crippen LogP contribution in [0.2, 0.25) is 0 Å². The lowest BCUT2D eigenvalue weighted by atomic mass is 10.1. The van der Waals surface area contributed by atoms with Crippen LogP contribution in [0.1, 0.15) is 12.8 Å². The first-order chi connectivity index (χ1) is 8.66. The molecule has 0 spiro atoms. The van der Waals surface area contributed by atoms with Crippen molar-refractivity contribution < 1.29 is 9.90 Å². The van der Waals surface area contributed by atoms with Gasteiger partial charge < -0.3 is 10.0 Å². The summed E-state index contributed by atoms with van der Waals surface area (Å²) in [4.78, 5) is 15.8. The maximum Gasteiger partial charge on any atom is 0.240 e. The standard InChI is InChI=1S/C14H20N2O2/c1-15(12-6-3-2-4-7-12)14(18)11-16-9-5-8-13(17)10-16/h2-4,6-7,13,17H,5,8-11H2,1H3/t13-/m0/s1. The third kappa shape index (κ3) is 3.31. The maximum absolute atomic E-state index is 12.1. The molecular weight excluding hydrogens is 228 g/mol. The fourth-order valence-electron chi connectivity index (χ4n) is 2.27. The lowest BCUT2D eigenvalue weighted by Crippen LogP contribution is -2.44. The average molecular weight is 248 g/mol. The molecule has 1 N–H and O–H groups in total. The number of hydrogen-bond acceptors (Lipinski definition) is 3. The van der Waals surface area contributed by atoms with Crippen molar-refractivity contribution in [3.63, 3.8) is 0 Å². The van der Waals surface area contributed by atoms with Gasteiger partial charge in [-0.1, -0.05) is 18.2 Å². The van der Waals surface area contributed by atoms with Crippen molar-refractivity contribution in [3.05, 3.63) is 30.3 Å². The Morgan fingerprint density at radius 2 is 2.17 bits per heavy atom. The molecule has 4 nitrogen and oxygen atoms in total. The number of piperidine rings is 1. The topological polar surface area (TPSA) is 43.8 Å².